The lowest BCUT2D eigenvalue weighted by Crippen LogP contribution is -2.08. The minimum absolute atomic E-state index is 0.0849. The maximum Gasteiger partial charge on any atom is 0.359 e. The number of nitrogens with zero attached hydrogens (tertiary/aromatic N) is 3. The van der Waals surface area contributed by atoms with Crippen LogP contribution in [0, 0.1) is 11.6 Å². The van der Waals surface area contributed by atoms with E-state index in [1.807, 2.05) is 0 Å². The summed E-state index contributed by atoms with van der Waals surface area (Å²) in [5, 5.41) is 4.73. The molecule has 7 heteroatoms. The summed E-state index contributed by atoms with van der Waals surface area (Å²) >= 11 is 0. The van der Waals surface area contributed by atoms with E-state index in [1.165, 1.54) is 16.8 Å². The molecule has 0 amide bonds. The lowest BCUT2D eigenvalue weighted by atomic mass is 10.2. The van der Waals surface area contributed by atoms with Gasteiger partial charge in [0.1, 0.15) is 11.6 Å². The molecule has 5 nitrogen and oxygen atoms in total. The van der Waals surface area contributed by atoms with Gasteiger partial charge in [-0.1, -0.05) is 0 Å². The summed E-state index contributed by atoms with van der Waals surface area (Å²) in [6.07, 6.45) is 1.56. The van der Waals surface area contributed by atoms with Crippen LogP contribution in [0.15, 0.2) is 36.5 Å². The largest absolute Gasteiger partial charge is 0.461 e. The van der Waals surface area contributed by atoms with Crippen molar-refractivity contribution in [3.63, 3.8) is 0 Å². The molecule has 118 valence electrons. The van der Waals surface area contributed by atoms with Gasteiger partial charge in [-0.2, -0.15) is 5.10 Å². The summed E-state index contributed by atoms with van der Waals surface area (Å²) in [4.78, 5) is 16.2. The Kier molecular flexibility index (Phi) is 4.01. The van der Waals surface area contributed by atoms with Crippen LogP contribution in [0.2, 0.25) is 0 Å². The molecule has 0 saturated heterocycles. The van der Waals surface area contributed by atoms with Crippen LogP contribution in [0.4, 0.5) is 8.78 Å². The average molecular weight is 317 g/mol. The van der Waals surface area contributed by atoms with Crippen molar-refractivity contribution in [2.75, 3.05) is 6.61 Å². The zero-order valence-electron chi connectivity index (χ0n) is 12.3. The van der Waals surface area contributed by atoms with Gasteiger partial charge in [0, 0.05) is 12.3 Å². The number of carbonyl (C=O) groups excluding carboxylic acids is 1. The van der Waals surface area contributed by atoms with E-state index in [9.17, 15) is 13.6 Å². The van der Waals surface area contributed by atoms with Crippen LogP contribution in [0.25, 0.3) is 11.0 Å². The number of pyridine rings is 1. The van der Waals surface area contributed by atoms with E-state index in [4.69, 9.17) is 4.74 Å². The zero-order valence-corrected chi connectivity index (χ0v) is 12.3. The van der Waals surface area contributed by atoms with Gasteiger partial charge in [0.05, 0.1) is 18.5 Å². The molecule has 2 aromatic heterocycles. The molecule has 3 rings (SSSR count). The number of halogens is 2. The van der Waals surface area contributed by atoms with Crippen molar-refractivity contribution in [3.8, 4) is 0 Å². The Morgan fingerprint density at radius 2 is 2.00 bits per heavy atom. The number of esters is 1. The Labute approximate surface area is 130 Å². The number of carbonyl (C=O) groups is 1. The van der Waals surface area contributed by atoms with Crippen molar-refractivity contribution >= 4 is 17.0 Å². The van der Waals surface area contributed by atoms with E-state index < -0.39 is 17.6 Å². The molecule has 0 spiro atoms. The molecule has 0 unspecified atom stereocenters. The predicted octanol–water partition coefficient (Wildman–Crippen LogP) is 2.93. The fourth-order valence-corrected chi connectivity index (χ4v) is 2.35. The van der Waals surface area contributed by atoms with Crippen molar-refractivity contribution in [1.29, 1.82) is 0 Å². The van der Waals surface area contributed by atoms with Gasteiger partial charge in [-0.25, -0.2) is 23.2 Å². The highest BCUT2D eigenvalue weighted by molar-refractivity contribution is 6.01. The molecule has 0 bridgehead atoms. The monoisotopic (exact) mass is 317 g/mol. The van der Waals surface area contributed by atoms with Gasteiger partial charge in [0.15, 0.2) is 11.3 Å². The number of fused-ring (bicyclic) bond motifs is 1. The molecule has 0 N–H and O–H groups in total. The lowest BCUT2D eigenvalue weighted by Gasteiger charge is -2.04. The lowest BCUT2D eigenvalue weighted by molar-refractivity contribution is 0.0520. The number of rotatable bonds is 4. The van der Waals surface area contributed by atoms with E-state index >= 15 is 0 Å². The van der Waals surface area contributed by atoms with Crippen LogP contribution in [-0.4, -0.2) is 27.3 Å². The van der Waals surface area contributed by atoms with Gasteiger partial charge in [-0.15, -0.1) is 0 Å². The summed E-state index contributed by atoms with van der Waals surface area (Å²) in [5.41, 5.74) is 0.958. The van der Waals surface area contributed by atoms with Gasteiger partial charge in [-0.05, 0) is 36.8 Å². The third-order valence-corrected chi connectivity index (χ3v) is 3.23. The molecule has 0 fully saturated rings. The molecule has 0 aliphatic carbocycles. The minimum Gasteiger partial charge on any atom is -0.461 e. The molecule has 0 radical (unpaired) electrons. The van der Waals surface area contributed by atoms with Gasteiger partial charge < -0.3 is 4.74 Å². The van der Waals surface area contributed by atoms with E-state index in [2.05, 4.69) is 10.1 Å². The molecule has 3 aromatic rings. The molecular weight excluding hydrogens is 304 g/mol. The maximum absolute atomic E-state index is 13.3. The summed E-state index contributed by atoms with van der Waals surface area (Å²) in [5.74, 6) is -1.90. The molecule has 0 aliphatic heterocycles. The minimum atomic E-state index is -0.671. The van der Waals surface area contributed by atoms with E-state index in [0.717, 1.165) is 6.07 Å². The van der Waals surface area contributed by atoms with Crippen LogP contribution in [0.5, 0.6) is 0 Å². The summed E-state index contributed by atoms with van der Waals surface area (Å²) < 4.78 is 33.0. The summed E-state index contributed by atoms with van der Waals surface area (Å²) in [6.45, 7) is 2.01. The summed E-state index contributed by atoms with van der Waals surface area (Å²) in [6, 6.07) is 6.60. The van der Waals surface area contributed by atoms with Crippen molar-refractivity contribution in [2.45, 2.75) is 13.5 Å². The van der Waals surface area contributed by atoms with Gasteiger partial charge >= 0.3 is 5.97 Å². The highest BCUT2D eigenvalue weighted by atomic mass is 19.1. The Bertz CT molecular complexity index is 857. The fourth-order valence-electron chi connectivity index (χ4n) is 2.35. The Hall–Kier alpha value is -2.83. The number of hydrogen-bond acceptors (Lipinski definition) is 4. The third-order valence-electron chi connectivity index (χ3n) is 3.23. The maximum atomic E-state index is 13.3. The summed E-state index contributed by atoms with van der Waals surface area (Å²) in [7, 11) is 0. The highest BCUT2D eigenvalue weighted by Crippen LogP contribution is 2.19. The van der Waals surface area contributed by atoms with Crippen molar-refractivity contribution < 1.29 is 18.3 Å². The number of ether oxygens (including phenoxy) is 1. The van der Waals surface area contributed by atoms with Crippen molar-refractivity contribution in [2.24, 2.45) is 0 Å². The first-order valence-corrected chi connectivity index (χ1v) is 7.02. The van der Waals surface area contributed by atoms with Crippen molar-refractivity contribution in [1.82, 2.24) is 14.8 Å². The third kappa shape index (κ3) is 3.03. The quantitative estimate of drug-likeness (QED) is 0.694. The number of hydrogen-bond donors (Lipinski definition) is 0. The molecule has 0 saturated carbocycles. The molecule has 2 heterocycles. The van der Waals surface area contributed by atoms with Crippen LogP contribution in [0.3, 0.4) is 0 Å². The normalized spacial score (nSPS) is 10.9. The molecule has 1 aromatic carbocycles. The van der Waals surface area contributed by atoms with E-state index in [0.29, 0.717) is 16.6 Å². The van der Waals surface area contributed by atoms with Gasteiger partial charge in [-0.3, -0.25) is 0 Å². The van der Waals surface area contributed by atoms with Crippen LogP contribution >= 0.6 is 0 Å². The highest BCUT2D eigenvalue weighted by Gasteiger charge is 2.19. The second-order valence-corrected chi connectivity index (χ2v) is 4.88. The molecule has 23 heavy (non-hydrogen) atoms. The number of benzene rings is 1. The number of aromatic nitrogens is 3. The predicted molar refractivity (Wildman–Crippen MR) is 78.9 cm³/mol. The fraction of sp³-hybridized carbons (Fsp3) is 0.188. The first-order chi connectivity index (χ1) is 11.1. The second-order valence-electron chi connectivity index (χ2n) is 4.88. The average Bonchev–Trinajstić information content (AvgIpc) is 2.86. The van der Waals surface area contributed by atoms with E-state index in [1.54, 1.807) is 25.3 Å². The van der Waals surface area contributed by atoms with Crippen LogP contribution < -0.4 is 0 Å². The molecular formula is C16H13F2N3O2. The molecule has 0 atom stereocenters. The Morgan fingerprint density at radius 1 is 1.26 bits per heavy atom. The van der Waals surface area contributed by atoms with Crippen molar-refractivity contribution in [3.05, 3.63) is 59.4 Å². The van der Waals surface area contributed by atoms with Gasteiger partial charge in [0.25, 0.3) is 0 Å². The zero-order chi connectivity index (χ0) is 16.4. The first-order valence-electron chi connectivity index (χ1n) is 7.02. The second kappa shape index (κ2) is 6.12. The van der Waals surface area contributed by atoms with Crippen LogP contribution in [-0.2, 0) is 11.3 Å². The first kappa shape index (κ1) is 15.1. The van der Waals surface area contributed by atoms with Crippen LogP contribution in [0.1, 0.15) is 23.0 Å². The molecule has 0 aliphatic rings. The Morgan fingerprint density at radius 3 is 2.70 bits per heavy atom. The van der Waals surface area contributed by atoms with Gasteiger partial charge in [0.2, 0.25) is 0 Å². The SMILES string of the molecule is CCOC(=O)c1nn(Cc2cc(F)cc(F)c2)c2ncccc12. The standard InChI is InChI=1S/C16H13F2N3O2/c1-2-23-16(22)14-13-4-3-5-19-15(13)21(20-14)9-10-6-11(17)8-12(18)7-10/h3-8H,2,9H2,1H3. The smallest absolute Gasteiger partial charge is 0.359 e. The topological polar surface area (TPSA) is 57.0 Å². The van der Waals surface area contributed by atoms with E-state index in [-0.39, 0.29) is 18.8 Å². The Balaban J connectivity index is 2.05.